The summed E-state index contributed by atoms with van der Waals surface area (Å²) in [6.45, 7) is 4.98. The zero-order chi connectivity index (χ0) is 47.3. The molecule has 0 radical (unpaired) electrons. The number of nitrogens with one attached hydrogen (secondary N) is 3. The van der Waals surface area contributed by atoms with Gasteiger partial charge in [-0.3, -0.25) is 39.1 Å². The Hall–Kier alpha value is -7.41. The molecule has 3 N–H and O–H groups in total. The van der Waals surface area contributed by atoms with Crippen molar-refractivity contribution >= 4 is 46.8 Å². The van der Waals surface area contributed by atoms with E-state index >= 15 is 0 Å². The van der Waals surface area contributed by atoms with Crippen LogP contribution in [0.25, 0.3) is 11.1 Å². The quantitative estimate of drug-likeness (QED) is 0.0715. The molecule has 0 bridgehead atoms. The highest BCUT2D eigenvalue weighted by molar-refractivity contribution is 6.32. The highest BCUT2D eigenvalue weighted by Crippen LogP contribution is 2.39. The van der Waals surface area contributed by atoms with Crippen molar-refractivity contribution in [3.63, 3.8) is 0 Å². The lowest BCUT2D eigenvalue weighted by Gasteiger charge is -2.35. The summed E-state index contributed by atoms with van der Waals surface area (Å²) in [5.41, 5.74) is 6.87. The number of hydrogen-bond acceptors (Lipinski definition) is 12. The van der Waals surface area contributed by atoms with E-state index in [1.807, 2.05) is 48.5 Å². The third-order valence-electron chi connectivity index (χ3n) is 12.7. The van der Waals surface area contributed by atoms with Gasteiger partial charge in [0.15, 0.2) is 11.5 Å². The largest absolute Gasteiger partial charge is 0.488 e. The highest BCUT2D eigenvalue weighted by atomic mass is 35.5. The van der Waals surface area contributed by atoms with Gasteiger partial charge in [-0.1, -0.05) is 60.5 Å². The molecule has 5 aromatic rings. The Morgan fingerprint density at radius 2 is 1.63 bits per heavy atom. The van der Waals surface area contributed by atoms with Crippen molar-refractivity contribution in [3.8, 4) is 40.2 Å². The number of carbonyl (C=O) groups is 5. The molecule has 16 heteroatoms. The summed E-state index contributed by atoms with van der Waals surface area (Å²) in [4.78, 5) is 68.1. The molecular weight excluding hydrogens is 888 g/mol. The first kappa shape index (κ1) is 45.7. The summed E-state index contributed by atoms with van der Waals surface area (Å²) in [6.07, 6.45) is 2.48. The number of likely N-dealkylation sites (tertiary alicyclic amines) is 1. The molecule has 68 heavy (non-hydrogen) atoms. The molecule has 0 aromatic heterocycles. The van der Waals surface area contributed by atoms with Crippen molar-refractivity contribution in [1.82, 2.24) is 20.4 Å². The highest BCUT2D eigenvalue weighted by Gasteiger charge is 2.45. The zero-order valence-corrected chi connectivity index (χ0v) is 38.2. The summed E-state index contributed by atoms with van der Waals surface area (Å²) in [6, 6.07) is 28.4. The van der Waals surface area contributed by atoms with Gasteiger partial charge < -0.3 is 29.6 Å². The van der Waals surface area contributed by atoms with Crippen molar-refractivity contribution in [3.05, 3.63) is 135 Å². The molecular formula is C52H49ClN6O9. The molecule has 4 heterocycles. The van der Waals surface area contributed by atoms with E-state index in [9.17, 15) is 29.2 Å². The van der Waals surface area contributed by atoms with Gasteiger partial charge >= 0.3 is 0 Å². The van der Waals surface area contributed by atoms with Gasteiger partial charge in [0.05, 0.1) is 33.8 Å². The minimum Gasteiger partial charge on any atom is -0.488 e. The predicted octanol–water partition coefficient (Wildman–Crippen LogP) is 7.10. The van der Waals surface area contributed by atoms with Crippen LogP contribution in [0.2, 0.25) is 5.02 Å². The third kappa shape index (κ3) is 9.69. The normalized spacial score (nSPS) is 17.8. The number of carbonyl (C=O) groups excluding carboxylic acids is 5. The molecule has 5 aromatic carbocycles. The van der Waals surface area contributed by atoms with Crippen LogP contribution >= 0.6 is 11.6 Å². The lowest BCUT2D eigenvalue weighted by molar-refractivity contribution is -0.136. The maximum atomic E-state index is 13.9. The molecule has 15 nitrogen and oxygen atoms in total. The number of fused-ring (bicyclic) bond motifs is 2. The second-order valence-electron chi connectivity index (χ2n) is 17.1. The van der Waals surface area contributed by atoms with Crippen LogP contribution < -0.4 is 34.9 Å². The van der Waals surface area contributed by atoms with E-state index in [0.717, 1.165) is 56.9 Å². The van der Waals surface area contributed by atoms with Gasteiger partial charge in [0.25, 0.3) is 11.8 Å². The number of rotatable bonds is 15. The van der Waals surface area contributed by atoms with Gasteiger partial charge in [-0.2, -0.15) is 5.26 Å². The molecule has 2 atom stereocenters. The molecule has 4 aliphatic heterocycles. The van der Waals surface area contributed by atoms with E-state index in [2.05, 4.69) is 39.9 Å². The van der Waals surface area contributed by atoms with Crippen molar-refractivity contribution in [2.45, 2.75) is 70.9 Å². The maximum absolute atomic E-state index is 13.9. The van der Waals surface area contributed by atoms with Crippen molar-refractivity contribution in [2.75, 3.05) is 38.2 Å². The standard InChI is InChI=1S/C52H49ClN6O9/c1-31-35(9-5-10-37(31)34-14-16-43-46(25-34)66-22-21-65-43)30-68-45-26-44(67-29-33-8-4-7-32(23-33)27-54)36(24-39(45)53)28-58-20-3-2-13-41(58)49(61)56-19-18-55-40-12-6-11-38-48(40)52(64)59(51(38)63)42-15-17-47(60)57-50(42)62/h4-12,14,16,23-26,41-42,55H,2-3,13,15,17-22,28-30H2,1H3,(H,56,61)(H,57,60,62). The summed E-state index contributed by atoms with van der Waals surface area (Å²) >= 11 is 7.00. The first-order chi connectivity index (χ1) is 33.1. The van der Waals surface area contributed by atoms with Crippen molar-refractivity contribution in [2.24, 2.45) is 0 Å². The average Bonchev–Trinajstić information content (AvgIpc) is 3.61. The molecule has 0 saturated carbocycles. The number of hydrogen-bond donors (Lipinski definition) is 3. The molecule has 9 rings (SSSR count). The van der Waals surface area contributed by atoms with Crippen LogP contribution in [-0.2, 0) is 34.1 Å². The van der Waals surface area contributed by atoms with E-state index in [4.69, 9.17) is 30.5 Å². The van der Waals surface area contributed by atoms with Gasteiger partial charge in [-0.05, 0) is 103 Å². The van der Waals surface area contributed by atoms with Gasteiger partial charge in [0.1, 0.15) is 44.0 Å². The Morgan fingerprint density at radius 1 is 0.838 bits per heavy atom. The van der Waals surface area contributed by atoms with Crippen LogP contribution in [0.4, 0.5) is 5.69 Å². The number of amides is 5. The van der Waals surface area contributed by atoms with E-state index < -0.39 is 35.7 Å². The number of imide groups is 2. The topological polar surface area (TPSA) is 189 Å². The third-order valence-corrected chi connectivity index (χ3v) is 13.0. The van der Waals surface area contributed by atoms with Crippen molar-refractivity contribution in [1.29, 1.82) is 5.26 Å². The average molecular weight is 937 g/mol. The first-order valence-electron chi connectivity index (χ1n) is 22.7. The van der Waals surface area contributed by atoms with Crippen LogP contribution in [0.15, 0.2) is 91.0 Å². The van der Waals surface area contributed by atoms with E-state index in [1.54, 1.807) is 30.3 Å². The van der Waals surface area contributed by atoms with Gasteiger partial charge in [0.2, 0.25) is 17.7 Å². The molecule has 0 spiro atoms. The smallest absolute Gasteiger partial charge is 0.264 e. The zero-order valence-electron chi connectivity index (χ0n) is 37.4. The van der Waals surface area contributed by atoms with Gasteiger partial charge in [0, 0.05) is 43.4 Å². The number of anilines is 1. The molecule has 0 aliphatic carbocycles. The number of halogens is 1. The predicted molar refractivity (Wildman–Crippen MR) is 252 cm³/mol. The van der Waals surface area contributed by atoms with Crippen LogP contribution in [0.3, 0.4) is 0 Å². The number of piperidine rings is 2. The lowest BCUT2D eigenvalue weighted by atomic mass is 9.96. The summed E-state index contributed by atoms with van der Waals surface area (Å²) < 4.78 is 24.5. The number of nitrogens with zero attached hydrogens (tertiary/aromatic N) is 3. The fourth-order valence-electron chi connectivity index (χ4n) is 9.21. The second-order valence-corrected chi connectivity index (χ2v) is 17.5. The molecule has 2 unspecified atom stereocenters. The molecule has 2 fully saturated rings. The molecule has 2 saturated heterocycles. The minimum atomic E-state index is -1.07. The van der Waals surface area contributed by atoms with Crippen LogP contribution in [0, 0.1) is 18.3 Å². The number of ether oxygens (including phenoxy) is 4. The van der Waals surface area contributed by atoms with E-state index in [1.165, 1.54) is 6.07 Å². The summed E-state index contributed by atoms with van der Waals surface area (Å²) in [5, 5.41) is 18.4. The van der Waals surface area contributed by atoms with Gasteiger partial charge in [-0.25, -0.2) is 0 Å². The fraction of sp³-hybridized carbons (Fsp3) is 0.308. The lowest BCUT2D eigenvalue weighted by Crippen LogP contribution is -2.54. The number of nitriles is 1. The SMILES string of the molecule is Cc1c(COc2cc(OCc3cccc(C#N)c3)c(CN3CCCCC3C(=O)NCCNc3cccc4c3C(=O)N(C3CCC(=O)NC3=O)C4=O)cc2Cl)cccc1-c1ccc2c(c1)OCCO2. The first-order valence-corrected chi connectivity index (χ1v) is 23.1. The maximum Gasteiger partial charge on any atom is 0.264 e. The van der Waals surface area contributed by atoms with Crippen LogP contribution in [0.5, 0.6) is 23.0 Å². The summed E-state index contributed by atoms with van der Waals surface area (Å²) in [5.74, 6) is -0.0811. The molecule has 348 valence electrons. The molecule has 4 aliphatic rings. The minimum absolute atomic E-state index is 0.0256. The van der Waals surface area contributed by atoms with Crippen LogP contribution in [0.1, 0.15) is 80.6 Å². The van der Waals surface area contributed by atoms with E-state index in [0.29, 0.717) is 66.2 Å². The Kier molecular flexibility index (Phi) is 13.6. The van der Waals surface area contributed by atoms with Crippen LogP contribution in [-0.4, -0.2) is 84.3 Å². The Labute approximate surface area is 398 Å². The fourth-order valence-corrected chi connectivity index (χ4v) is 9.45. The Morgan fingerprint density at radius 3 is 2.47 bits per heavy atom. The summed E-state index contributed by atoms with van der Waals surface area (Å²) in [7, 11) is 0. The second kappa shape index (κ2) is 20.2. The van der Waals surface area contributed by atoms with Gasteiger partial charge in [-0.15, -0.1) is 0 Å². The molecule has 5 amide bonds. The monoisotopic (exact) mass is 936 g/mol. The van der Waals surface area contributed by atoms with Crippen molar-refractivity contribution < 1.29 is 42.9 Å². The van der Waals surface area contributed by atoms with E-state index in [-0.39, 0.29) is 56.2 Å². The Balaban J connectivity index is 0.877. The Bertz CT molecular complexity index is 2860. The number of benzene rings is 5.